The van der Waals surface area contributed by atoms with E-state index in [1.54, 1.807) is 25.2 Å². The molecular formula is C12H13F3N4. The number of anilines is 1. The summed E-state index contributed by atoms with van der Waals surface area (Å²) in [6.45, 7) is 0.124. The molecule has 0 saturated carbocycles. The molecule has 4 nitrogen and oxygen atoms in total. The largest absolute Gasteiger partial charge is 0.449 e. The number of halogens is 3. The summed E-state index contributed by atoms with van der Waals surface area (Å²) in [5.41, 5.74) is 1.26. The Kier molecular flexibility index (Phi) is 3.46. The minimum absolute atomic E-state index is 0.124. The van der Waals surface area contributed by atoms with E-state index in [1.165, 1.54) is 13.2 Å². The van der Waals surface area contributed by atoms with Crippen LogP contribution in [0, 0.1) is 0 Å². The van der Waals surface area contributed by atoms with Crippen molar-refractivity contribution in [1.82, 2.24) is 9.88 Å². The molecule has 1 aromatic heterocycles. The maximum absolute atomic E-state index is 12.6. The number of amidine groups is 1. The predicted octanol–water partition coefficient (Wildman–Crippen LogP) is 2.37. The molecule has 0 radical (unpaired) electrons. The van der Waals surface area contributed by atoms with E-state index in [0.717, 1.165) is 4.90 Å². The number of hydrogen-bond acceptors (Lipinski definition) is 4. The third-order valence-corrected chi connectivity index (χ3v) is 2.70. The molecule has 0 amide bonds. The normalized spacial score (nSPS) is 15.9. The Morgan fingerprint density at radius 1 is 1.32 bits per heavy atom. The second-order valence-corrected chi connectivity index (χ2v) is 4.12. The van der Waals surface area contributed by atoms with Gasteiger partial charge < -0.3 is 10.2 Å². The van der Waals surface area contributed by atoms with E-state index < -0.39 is 12.0 Å². The molecular weight excluding hydrogens is 257 g/mol. The molecule has 0 atom stereocenters. The zero-order chi connectivity index (χ0) is 14.0. The highest BCUT2D eigenvalue weighted by molar-refractivity contribution is 5.91. The number of aliphatic imine (C=N–C) groups is 1. The number of nitrogens with zero attached hydrogens (tertiary/aromatic N) is 3. The first-order chi connectivity index (χ1) is 8.91. The molecule has 1 aromatic rings. The van der Waals surface area contributed by atoms with Crippen molar-refractivity contribution in [2.45, 2.75) is 6.18 Å². The van der Waals surface area contributed by atoms with E-state index in [2.05, 4.69) is 15.3 Å². The van der Waals surface area contributed by atoms with Gasteiger partial charge in [0.15, 0.2) is 0 Å². The summed E-state index contributed by atoms with van der Waals surface area (Å²) in [6, 6.07) is 5.31. The lowest BCUT2D eigenvalue weighted by atomic mass is 10.1. The average molecular weight is 270 g/mol. The van der Waals surface area contributed by atoms with Gasteiger partial charge in [0, 0.05) is 32.4 Å². The minimum Gasteiger partial charge on any atom is -0.373 e. The molecule has 7 heteroatoms. The van der Waals surface area contributed by atoms with E-state index in [4.69, 9.17) is 0 Å². The van der Waals surface area contributed by atoms with Gasteiger partial charge >= 0.3 is 6.18 Å². The van der Waals surface area contributed by atoms with Gasteiger partial charge in [-0.3, -0.25) is 0 Å². The maximum Gasteiger partial charge on any atom is 0.449 e. The predicted molar refractivity (Wildman–Crippen MR) is 67.9 cm³/mol. The molecule has 2 heterocycles. The highest BCUT2D eigenvalue weighted by atomic mass is 19.4. The van der Waals surface area contributed by atoms with Crippen LogP contribution in [0.5, 0.6) is 0 Å². The first-order valence-corrected chi connectivity index (χ1v) is 5.62. The third kappa shape index (κ3) is 2.86. The lowest BCUT2D eigenvalue weighted by Crippen LogP contribution is -2.41. The number of rotatable bonds is 2. The zero-order valence-electron chi connectivity index (χ0n) is 10.5. The Balaban J connectivity index is 2.33. The van der Waals surface area contributed by atoms with Gasteiger partial charge in [-0.2, -0.15) is 13.2 Å². The Hall–Kier alpha value is -2.05. The SMILES string of the molecule is CNc1cccc(C2=CN=C(C(F)(F)F)N(C)C2)n1. The fourth-order valence-corrected chi connectivity index (χ4v) is 1.80. The second-order valence-electron chi connectivity index (χ2n) is 4.12. The summed E-state index contributed by atoms with van der Waals surface area (Å²) >= 11 is 0. The summed E-state index contributed by atoms with van der Waals surface area (Å²) < 4.78 is 37.8. The van der Waals surface area contributed by atoms with Crippen LogP contribution in [0.15, 0.2) is 29.4 Å². The lowest BCUT2D eigenvalue weighted by Gasteiger charge is -2.26. The standard InChI is InChI=1S/C12H13F3N4/c1-16-10-5-3-4-9(18-10)8-6-17-11(12(13,14)15)19(2)7-8/h3-6H,7H2,1-2H3,(H,16,18). The van der Waals surface area contributed by atoms with E-state index in [0.29, 0.717) is 17.1 Å². The number of likely N-dealkylation sites (N-methyl/N-ethyl adjacent to an activating group) is 1. The summed E-state index contributed by atoms with van der Waals surface area (Å²) in [5.74, 6) is -0.229. The number of nitrogens with one attached hydrogen (secondary N) is 1. The molecule has 0 unspecified atom stereocenters. The molecule has 0 aliphatic carbocycles. The van der Waals surface area contributed by atoms with Crippen LogP contribution < -0.4 is 5.32 Å². The molecule has 2 rings (SSSR count). The highest BCUT2D eigenvalue weighted by Crippen LogP contribution is 2.25. The van der Waals surface area contributed by atoms with Crippen molar-refractivity contribution in [3.8, 4) is 0 Å². The molecule has 0 fully saturated rings. The van der Waals surface area contributed by atoms with Crippen LogP contribution in [0.25, 0.3) is 5.57 Å². The number of aromatic nitrogens is 1. The van der Waals surface area contributed by atoms with Crippen molar-refractivity contribution < 1.29 is 13.2 Å². The van der Waals surface area contributed by atoms with Gasteiger partial charge in [-0.05, 0) is 12.1 Å². The second kappa shape index (κ2) is 4.91. The molecule has 19 heavy (non-hydrogen) atoms. The topological polar surface area (TPSA) is 40.5 Å². The fraction of sp³-hybridized carbons (Fsp3) is 0.333. The van der Waals surface area contributed by atoms with E-state index >= 15 is 0 Å². The van der Waals surface area contributed by atoms with Crippen LogP contribution in [0.2, 0.25) is 0 Å². The molecule has 0 aromatic carbocycles. The minimum atomic E-state index is -4.43. The molecule has 1 aliphatic rings. The quantitative estimate of drug-likeness (QED) is 0.897. The Bertz CT molecular complexity index is 534. The van der Waals surface area contributed by atoms with Crippen LogP contribution in [0.3, 0.4) is 0 Å². The van der Waals surface area contributed by atoms with E-state index in [1.807, 2.05) is 0 Å². The van der Waals surface area contributed by atoms with Crippen LogP contribution in [0.1, 0.15) is 5.69 Å². The smallest absolute Gasteiger partial charge is 0.373 e. The van der Waals surface area contributed by atoms with Crippen molar-refractivity contribution >= 4 is 17.2 Å². The van der Waals surface area contributed by atoms with Crippen molar-refractivity contribution in [3.63, 3.8) is 0 Å². The summed E-state index contributed by atoms with van der Waals surface area (Å²) in [5, 5.41) is 2.88. The fourth-order valence-electron chi connectivity index (χ4n) is 1.80. The van der Waals surface area contributed by atoms with Gasteiger partial charge in [0.1, 0.15) is 5.82 Å². The van der Waals surface area contributed by atoms with Crippen molar-refractivity contribution in [2.75, 3.05) is 26.0 Å². The zero-order valence-corrected chi connectivity index (χ0v) is 10.5. The number of alkyl halides is 3. The summed E-state index contributed by atoms with van der Waals surface area (Å²) in [4.78, 5) is 8.84. The Morgan fingerprint density at radius 2 is 2.05 bits per heavy atom. The highest BCUT2D eigenvalue weighted by Gasteiger charge is 2.39. The summed E-state index contributed by atoms with van der Waals surface area (Å²) in [7, 11) is 3.09. The molecule has 0 saturated heterocycles. The Labute approximate surface area is 108 Å². The van der Waals surface area contributed by atoms with Gasteiger partial charge in [0.2, 0.25) is 5.84 Å². The van der Waals surface area contributed by atoms with Crippen LogP contribution >= 0.6 is 0 Å². The average Bonchev–Trinajstić information content (AvgIpc) is 2.37. The lowest BCUT2D eigenvalue weighted by molar-refractivity contribution is -0.0674. The molecule has 0 bridgehead atoms. The van der Waals surface area contributed by atoms with Crippen LogP contribution in [-0.4, -0.2) is 42.5 Å². The summed E-state index contributed by atoms with van der Waals surface area (Å²) in [6.07, 6.45) is -3.21. The van der Waals surface area contributed by atoms with Crippen molar-refractivity contribution in [3.05, 3.63) is 30.1 Å². The number of hydrogen-bond donors (Lipinski definition) is 1. The first kappa shape index (κ1) is 13.4. The Morgan fingerprint density at radius 3 is 2.63 bits per heavy atom. The molecule has 1 aliphatic heterocycles. The third-order valence-electron chi connectivity index (χ3n) is 2.70. The van der Waals surface area contributed by atoms with Crippen molar-refractivity contribution in [2.24, 2.45) is 4.99 Å². The van der Waals surface area contributed by atoms with Gasteiger partial charge in [-0.25, -0.2) is 9.98 Å². The monoisotopic (exact) mass is 270 g/mol. The molecule has 102 valence electrons. The van der Waals surface area contributed by atoms with E-state index in [9.17, 15) is 13.2 Å². The maximum atomic E-state index is 12.6. The van der Waals surface area contributed by atoms with E-state index in [-0.39, 0.29) is 6.54 Å². The number of pyridine rings is 1. The van der Waals surface area contributed by atoms with Crippen LogP contribution in [0.4, 0.5) is 19.0 Å². The molecule has 0 spiro atoms. The van der Waals surface area contributed by atoms with Gasteiger partial charge in [0.25, 0.3) is 0 Å². The van der Waals surface area contributed by atoms with Crippen molar-refractivity contribution in [1.29, 1.82) is 0 Å². The van der Waals surface area contributed by atoms with Crippen LogP contribution in [-0.2, 0) is 0 Å². The van der Waals surface area contributed by atoms with Gasteiger partial charge in [0.05, 0.1) is 5.69 Å². The molecule has 1 N–H and O–H groups in total. The van der Waals surface area contributed by atoms with Gasteiger partial charge in [-0.15, -0.1) is 0 Å². The van der Waals surface area contributed by atoms with Gasteiger partial charge in [-0.1, -0.05) is 6.07 Å². The first-order valence-electron chi connectivity index (χ1n) is 5.62.